The van der Waals surface area contributed by atoms with Crippen LogP contribution in [0.1, 0.15) is 45.2 Å². The number of piperidine rings is 1. The maximum Gasteiger partial charge on any atom is 0.410 e. The Bertz CT molecular complexity index is 1090. The van der Waals surface area contributed by atoms with E-state index in [-0.39, 0.29) is 6.09 Å². The van der Waals surface area contributed by atoms with Crippen LogP contribution in [0.3, 0.4) is 0 Å². The molecule has 1 aliphatic rings. The summed E-state index contributed by atoms with van der Waals surface area (Å²) in [6.45, 7) is 7.06. The summed E-state index contributed by atoms with van der Waals surface area (Å²) in [4.78, 5) is 25.7. The van der Waals surface area contributed by atoms with Crippen LogP contribution in [0.4, 0.5) is 15.7 Å². The number of nitrogens with zero attached hydrogens (tertiary/aromatic N) is 3. The molecule has 0 radical (unpaired) electrons. The summed E-state index contributed by atoms with van der Waals surface area (Å²) in [7, 11) is 0. The molecule has 4 rings (SSSR count). The summed E-state index contributed by atoms with van der Waals surface area (Å²) < 4.78 is 6.44. The van der Waals surface area contributed by atoms with E-state index in [4.69, 9.17) is 9.72 Å². The number of benzene rings is 1. The molecule has 174 valence electrons. The quantitative estimate of drug-likeness (QED) is 0.361. The van der Waals surface area contributed by atoms with Gasteiger partial charge < -0.3 is 15.0 Å². The number of ether oxygens (including phenoxy) is 1. The first-order valence-electron chi connectivity index (χ1n) is 10.9. The van der Waals surface area contributed by atoms with Crippen molar-refractivity contribution < 1.29 is 9.53 Å². The lowest BCUT2D eigenvalue weighted by Crippen LogP contribution is -2.41. The van der Waals surface area contributed by atoms with Crippen LogP contribution in [0.2, 0.25) is 0 Å². The highest BCUT2D eigenvalue weighted by molar-refractivity contribution is 9.10. The summed E-state index contributed by atoms with van der Waals surface area (Å²) in [5.41, 5.74) is 0.600. The average molecular weight is 548 g/mol. The van der Waals surface area contributed by atoms with Crippen LogP contribution < -0.4 is 5.32 Å². The number of thiazole rings is 1. The number of amides is 1. The highest BCUT2D eigenvalue weighted by atomic mass is 79.9. The Morgan fingerprint density at radius 3 is 2.67 bits per heavy atom. The first-order valence-corrected chi connectivity index (χ1v) is 13.3. The van der Waals surface area contributed by atoms with Crippen molar-refractivity contribution in [2.24, 2.45) is 0 Å². The zero-order chi connectivity index (χ0) is 23.4. The van der Waals surface area contributed by atoms with Gasteiger partial charge in [0.25, 0.3) is 0 Å². The first kappa shape index (κ1) is 24.0. The third-order valence-corrected chi connectivity index (χ3v) is 7.35. The molecule has 1 saturated heterocycles. The minimum Gasteiger partial charge on any atom is -0.444 e. The second-order valence-corrected chi connectivity index (χ2v) is 11.7. The van der Waals surface area contributed by atoms with Crippen molar-refractivity contribution in [1.29, 1.82) is 0 Å². The number of hydrogen-bond acceptors (Lipinski definition) is 7. The predicted molar refractivity (Wildman–Crippen MR) is 138 cm³/mol. The van der Waals surface area contributed by atoms with Crippen LogP contribution in [0.25, 0.3) is 0 Å². The molecule has 1 N–H and O–H groups in total. The van der Waals surface area contributed by atoms with Crippen molar-refractivity contribution in [3.05, 3.63) is 58.1 Å². The van der Waals surface area contributed by atoms with E-state index in [1.807, 2.05) is 39.0 Å². The third-order valence-electron chi connectivity index (χ3n) is 5.10. The van der Waals surface area contributed by atoms with Gasteiger partial charge in [-0.1, -0.05) is 30.0 Å². The van der Waals surface area contributed by atoms with E-state index in [2.05, 4.69) is 49.8 Å². The summed E-state index contributed by atoms with van der Waals surface area (Å²) in [6, 6.07) is 12.3. The fourth-order valence-electron chi connectivity index (χ4n) is 3.52. The first-order chi connectivity index (χ1) is 15.8. The number of anilines is 2. The molecule has 1 aromatic carbocycles. The molecule has 3 heterocycles. The van der Waals surface area contributed by atoms with Gasteiger partial charge in [0.2, 0.25) is 0 Å². The minimum atomic E-state index is -0.470. The van der Waals surface area contributed by atoms with Crippen molar-refractivity contribution in [2.75, 3.05) is 18.4 Å². The summed E-state index contributed by atoms with van der Waals surface area (Å²) >= 11 is 6.77. The highest BCUT2D eigenvalue weighted by Crippen LogP contribution is 2.37. The van der Waals surface area contributed by atoms with Gasteiger partial charge in [0, 0.05) is 40.0 Å². The number of halogens is 1. The Morgan fingerprint density at radius 2 is 1.97 bits per heavy atom. The molecule has 0 saturated carbocycles. The Kier molecular flexibility index (Phi) is 7.61. The molecule has 0 aliphatic carbocycles. The number of likely N-dealkylation sites (tertiary alicyclic amines) is 1. The van der Waals surface area contributed by atoms with E-state index < -0.39 is 5.60 Å². The molecule has 0 unspecified atom stereocenters. The van der Waals surface area contributed by atoms with Gasteiger partial charge in [-0.15, -0.1) is 11.3 Å². The molecular weight excluding hydrogens is 520 g/mol. The molecule has 0 spiro atoms. The lowest BCUT2D eigenvalue weighted by Gasteiger charge is -2.32. The number of nitrogens with one attached hydrogen (secondary N) is 1. The van der Waals surface area contributed by atoms with Crippen LogP contribution in [0.15, 0.2) is 62.2 Å². The van der Waals surface area contributed by atoms with Crippen LogP contribution in [0, 0.1) is 0 Å². The molecule has 0 atom stereocenters. The minimum absolute atomic E-state index is 0.230. The largest absolute Gasteiger partial charge is 0.444 e. The molecule has 1 amide bonds. The summed E-state index contributed by atoms with van der Waals surface area (Å²) in [6.07, 6.45) is 3.33. The SMILES string of the molecule is CC(C)(C)OC(=O)N1CCC(c2csc(Nc3ncc(Br)cc3Sc3ccccc3)n2)CC1. The smallest absolute Gasteiger partial charge is 0.410 e. The predicted octanol–water partition coefficient (Wildman–Crippen LogP) is 7.31. The zero-order valence-corrected chi connectivity index (χ0v) is 22.1. The molecule has 6 nitrogen and oxygen atoms in total. The normalized spacial score (nSPS) is 14.8. The van der Waals surface area contributed by atoms with Gasteiger partial charge in [-0.2, -0.15) is 0 Å². The molecule has 1 aliphatic heterocycles. The van der Waals surface area contributed by atoms with Crippen LogP contribution in [-0.2, 0) is 4.74 Å². The van der Waals surface area contributed by atoms with E-state index in [1.54, 1.807) is 34.2 Å². The van der Waals surface area contributed by atoms with Crippen molar-refractivity contribution in [1.82, 2.24) is 14.9 Å². The lowest BCUT2D eigenvalue weighted by molar-refractivity contribution is 0.0204. The van der Waals surface area contributed by atoms with Gasteiger partial charge in [-0.05, 0) is 67.7 Å². The van der Waals surface area contributed by atoms with E-state index in [0.29, 0.717) is 19.0 Å². The molecule has 9 heteroatoms. The Hall–Kier alpha value is -2.10. The molecule has 33 heavy (non-hydrogen) atoms. The van der Waals surface area contributed by atoms with Gasteiger partial charge in [0.1, 0.15) is 11.4 Å². The molecule has 2 aromatic heterocycles. The van der Waals surface area contributed by atoms with E-state index in [1.165, 1.54) is 0 Å². The fraction of sp³-hybridized carbons (Fsp3) is 0.375. The van der Waals surface area contributed by atoms with E-state index in [9.17, 15) is 4.79 Å². The second kappa shape index (κ2) is 10.4. The number of carbonyl (C=O) groups is 1. The molecule has 1 fully saturated rings. The standard InChI is InChI=1S/C24H27BrN4O2S2/c1-24(2,3)31-23(30)29-11-9-16(10-12-29)19-15-32-22(27-19)28-21-20(13-17(25)14-26-21)33-18-7-5-4-6-8-18/h4-8,13-16H,9-12H2,1-3H3,(H,26,27,28). The van der Waals surface area contributed by atoms with Crippen molar-refractivity contribution >= 4 is 56.1 Å². The van der Waals surface area contributed by atoms with Gasteiger partial charge >= 0.3 is 6.09 Å². The van der Waals surface area contributed by atoms with Crippen LogP contribution >= 0.6 is 39.0 Å². The molecule has 0 bridgehead atoms. The Balaban J connectivity index is 1.39. The highest BCUT2D eigenvalue weighted by Gasteiger charge is 2.28. The molecule has 3 aromatic rings. The van der Waals surface area contributed by atoms with Gasteiger partial charge in [0.15, 0.2) is 5.13 Å². The number of rotatable bonds is 5. The monoisotopic (exact) mass is 546 g/mol. The maximum absolute atomic E-state index is 12.3. The van der Waals surface area contributed by atoms with Crippen molar-refractivity contribution in [2.45, 2.75) is 54.9 Å². The summed E-state index contributed by atoms with van der Waals surface area (Å²) in [5, 5.41) is 6.34. The molecular formula is C24H27BrN4O2S2. The van der Waals surface area contributed by atoms with Crippen LogP contribution in [0.5, 0.6) is 0 Å². The Morgan fingerprint density at radius 1 is 1.24 bits per heavy atom. The van der Waals surface area contributed by atoms with E-state index in [0.717, 1.165) is 43.7 Å². The summed E-state index contributed by atoms with van der Waals surface area (Å²) in [5.74, 6) is 1.12. The zero-order valence-electron chi connectivity index (χ0n) is 18.9. The second-order valence-electron chi connectivity index (χ2n) is 8.86. The Labute approximate surface area is 211 Å². The number of aromatic nitrogens is 2. The topological polar surface area (TPSA) is 67.3 Å². The average Bonchev–Trinajstić information content (AvgIpc) is 3.24. The van der Waals surface area contributed by atoms with Gasteiger partial charge in [0.05, 0.1) is 10.6 Å². The third kappa shape index (κ3) is 6.71. The van der Waals surface area contributed by atoms with Crippen molar-refractivity contribution in [3.63, 3.8) is 0 Å². The van der Waals surface area contributed by atoms with Gasteiger partial charge in [-0.25, -0.2) is 14.8 Å². The van der Waals surface area contributed by atoms with Crippen LogP contribution in [-0.4, -0.2) is 39.7 Å². The maximum atomic E-state index is 12.3. The number of hydrogen-bond donors (Lipinski definition) is 1. The van der Waals surface area contributed by atoms with Crippen molar-refractivity contribution in [3.8, 4) is 0 Å². The number of carbonyl (C=O) groups excluding carboxylic acids is 1. The lowest BCUT2D eigenvalue weighted by atomic mass is 9.94. The van der Waals surface area contributed by atoms with E-state index >= 15 is 0 Å². The van der Waals surface area contributed by atoms with Gasteiger partial charge in [-0.3, -0.25) is 0 Å². The fourth-order valence-corrected chi connectivity index (χ4v) is 5.73. The number of pyridine rings is 1.